The molecule has 0 saturated heterocycles. The van der Waals surface area contributed by atoms with Crippen molar-refractivity contribution in [3.05, 3.63) is 77.9 Å². The standard InChI is InChI=1S/C16H15I/c17-13-7-12-16(14-8-3-1-4-9-14)15-10-5-2-6-11-15/h1-6,8-12H,7,13H2. The molecule has 0 radical (unpaired) electrons. The van der Waals surface area contributed by atoms with Gasteiger partial charge in [-0.3, -0.25) is 0 Å². The number of hydrogen-bond donors (Lipinski definition) is 0. The van der Waals surface area contributed by atoms with Crippen LogP contribution >= 0.6 is 22.6 Å². The predicted octanol–water partition coefficient (Wildman–Crippen LogP) is 4.94. The van der Waals surface area contributed by atoms with E-state index in [2.05, 4.69) is 89.3 Å². The fraction of sp³-hybridized carbons (Fsp3) is 0.125. The summed E-state index contributed by atoms with van der Waals surface area (Å²) < 4.78 is 1.15. The number of rotatable bonds is 4. The summed E-state index contributed by atoms with van der Waals surface area (Å²) in [7, 11) is 0. The predicted molar refractivity (Wildman–Crippen MR) is 83.5 cm³/mol. The highest BCUT2D eigenvalue weighted by molar-refractivity contribution is 14.1. The Bertz CT molecular complexity index is 430. The third-order valence-electron chi connectivity index (χ3n) is 2.63. The van der Waals surface area contributed by atoms with Crippen molar-refractivity contribution in [2.24, 2.45) is 0 Å². The highest BCUT2D eigenvalue weighted by atomic mass is 127. The number of allylic oxidation sites excluding steroid dienone is 1. The molecule has 2 aromatic rings. The van der Waals surface area contributed by atoms with E-state index in [9.17, 15) is 0 Å². The highest BCUT2D eigenvalue weighted by Crippen LogP contribution is 2.23. The lowest BCUT2D eigenvalue weighted by atomic mass is 9.97. The van der Waals surface area contributed by atoms with Crippen molar-refractivity contribution in [2.75, 3.05) is 4.43 Å². The monoisotopic (exact) mass is 334 g/mol. The maximum Gasteiger partial charge on any atom is 0.00302 e. The number of halogens is 1. The summed E-state index contributed by atoms with van der Waals surface area (Å²) in [5.41, 5.74) is 3.93. The van der Waals surface area contributed by atoms with Crippen molar-refractivity contribution in [3.63, 3.8) is 0 Å². The summed E-state index contributed by atoms with van der Waals surface area (Å²) in [4.78, 5) is 0. The lowest BCUT2D eigenvalue weighted by Crippen LogP contribution is -1.87. The van der Waals surface area contributed by atoms with Gasteiger partial charge in [0.05, 0.1) is 0 Å². The van der Waals surface area contributed by atoms with Gasteiger partial charge in [-0.1, -0.05) is 89.3 Å². The Hall–Kier alpha value is -1.09. The van der Waals surface area contributed by atoms with Crippen LogP contribution in [0.2, 0.25) is 0 Å². The van der Waals surface area contributed by atoms with E-state index < -0.39 is 0 Å². The molecule has 0 atom stereocenters. The summed E-state index contributed by atoms with van der Waals surface area (Å²) in [5, 5.41) is 0. The molecule has 0 nitrogen and oxygen atoms in total. The second-order valence-corrected chi connectivity index (χ2v) is 4.91. The van der Waals surface area contributed by atoms with Crippen molar-refractivity contribution in [2.45, 2.75) is 6.42 Å². The second-order valence-electron chi connectivity index (χ2n) is 3.83. The highest BCUT2D eigenvalue weighted by Gasteiger charge is 2.02. The molecule has 0 bridgehead atoms. The first kappa shape index (κ1) is 12.4. The molecule has 0 N–H and O–H groups in total. The summed E-state index contributed by atoms with van der Waals surface area (Å²) in [6, 6.07) is 21.2. The van der Waals surface area contributed by atoms with E-state index >= 15 is 0 Å². The van der Waals surface area contributed by atoms with Gasteiger partial charge in [-0.25, -0.2) is 0 Å². The van der Waals surface area contributed by atoms with Crippen LogP contribution < -0.4 is 0 Å². The molecule has 2 aromatic carbocycles. The van der Waals surface area contributed by atoms with Crippen LogP contribution in [0.5, 0.6) is 0 Å². The molecule has 86 valence electrons. The van der Waals surface area contributed by atoms with E-state index in [1.54, 1.807) is 0 Å². The maximum atomic E-state index is 2.41. The summed E-state index contributed by atoms with van der Waals surface area (Å²) in [5.74, 6) is 0. The smallest absolute Gasteiger partial charge is 0.00302 e. The van der Waals surface area contributed by atoms with E-state index in [1.165, 1.54) is 16.7 Å². The molecule has 0 saturated carbocycles. The van der Waals surface area contributed by atoms with Gasteiger partial charge in [0.1, 0.15) is 0 Å². The Morgan fingerprint density at radius 1 is 0.824 bits per heavy atom. The van der Waals surface area contributed by atoms with E-state index in [4.69, 9.17) is 0 Å². The van der Waals surface area contributed by atoms with Crippen LogP contribution in [0.3, 0.4) is 0 Å². The molecule has 17 heavy (non-hydrogen) atoms. The normalized spacial score (nSPS) is 9.94. The molecule has 2 rings (SSSR count). The van der Waals surface area contributed by atoms with E-state index in [-0.39, 0.29) is 0 Å². The van der Waals surface area contributed by atoms with Crippen molar-refractivity contribution in [1.82, 2.24) is 0 Å². The molecule has 0 aromatic heterocycles. The van der Waals surface area contributed by atoms with Gasteiger partial charge in [-0.05, 0) is 23.1 Å². The van der Waals surface area contributed by atoms with E-state index in [0.717, 1.165) is 10.8 Å². The Balaban J connectivity index is 2.40. The van der Waals surface area contributed by atoms with Gasteiger partial charge in [0.2, 0.25) is 0 Å². The molecule has 0 fully saturated rings. The minimum atomic E-state index is 1.11. The Kier molecular flexibility index (Phi) is 4.80. The first-order valence-corrected chi connectivity index (χ1v) is 7.31. The van der Waals surface area contributed by atoms with Gasteiger partial charge in [0.15, 0.2) is 0 Å². The van der Waals surface area contributed by atoms with Crippen LogP contribution in [0.1, 0.15) is 17.5 Å². The lowest BCUT2D eigenvalue weighted by molar-refractivity contribution is 1.27. The molecular formula is C16H15I. The Morgan fingerprint density at radius 2 is 1.29 bits per heavy atom. The lowest BCUT2D eigenvalue weighted by Gasteiger charge is -2.08. The Morgan fingerprint density at radius 3 is 1.71 bits per heavy atom. The zero-order valence-electron chi connectivity index (χ0n) is 9.64. The van der Waals surface area contributed by atoms with Crippen LogP contribution in [-0.4, -0.2) is 4.43 Å². The topological polar surface area (TPSA) is 0 Å². The van der Waals surface area contributed by atoms with Gasteiger partial charge in [0, 0.05) is 4.43 Å². The average molecular weight is 334 g/mol. The summed E-state index contributed by atoms with van der Waals surface area (Å²) >= 11 is 2.41. The molecule has 0 amide bonds. The molecule has 0 aliphatic carbocycles. The fourth-order valence-electron chi connectivity index (χ4n) is 1.84. The quantitative estimate of drug-likeness (QED) is 0.549. The zero-order chi connectivity index (χ0) is 11.9. The Labute approximate surface area is 117 Å². The van der Waals surface area contributed by atoms with Crippen LogP contribution in [0, 0.1) is 0 Å². The maximum absolute atomic E-state index is 2.41. The zero-order valence-corrected chi connectivity index (χ0v) is 11.8. The van der Waals surface area contributed by atoms with Crippen LogP contribution in [0.25, 0.3) is 5.57 Å². The fourth-order valence-corrected chi connectivity index (χ4v) is 2.15. The number of benzene rings is 2. The number of alkyl halides is 1. The first-order chi connectivity index (χ1) is 8.42. The van der Waals surface area contributed by atoms with Crippen LogP contribution in [0.4, 0.5) is 0 Å². The third-order valence-corrected chi connectivity index (χ3v) is 3.25. The average Bonchev–Trinajstić information content (AvgIpc) is 2.42. The van der Waals surface area contributed by atoms with Gasteiger partial charge in [-0.2, -0.15) is 0 Å². The van der Waals surface area contributed by atoms with Crippen LogP contribution in [-0.2, 0) is 0 Å². The minimum absolute atomic E-state index is 1.11. The molecular weight excluding hydrogens is 319 g/mol. The molecule has 0 aliphatic heterocycles. The van der Waals surface area contributed by atoms with Crippen molar-refractivity contribution >= 4 is 28.2 Å². The summed E-state index contributed by atoms with van der Waals surface area (Å²) in [6.07, 6.45) is 3.44. The molecule has 1 heteroatoms. The third kappa shape index (κ3) is 3.43. The molecule has 0 unspecified atom stereocenters. The van der Waals surface area contributed by atoms with Crippen LogP contribution in [0.15, 0.2) is 66.7 Å². The van der Waals surface area contributed by atoms with Gasteiger partial charge in [-0.15, -0.1) is 0 Å². The van der Waals surface area contributed by atoms with Crippen molar-refractivity contribution in [3.8, 4) is 0 Å². The largest absolute Gasteiger partial charge is 0.0860 e. The van der Waals surface area contributed by atoms with Crippen molar-refractivity contribution < 1.29 is 0 Å². The van der Waals surface area contributed by atoms with Gasteiger partial charge in [0.25, 0.3) is 0 Å². The van der Waals surface area contributed by atoms with Gasteiger partial charge < -0.3 is 0 Å². The number of hydrogen-bond acceptors (Lipinski definition) is 0. The minimum Gasteiger partial charge on any atom is -0.0860 e. The second kappa shape index (κ2) is 6.60. The molecule has 0 heterocycles. The van der Waals surface area contributed by atoms with Gasteiger partial charge >= 0.3 is 0 Å². The van der Waals surface area contributed by atoms with E-state index in [1.807, 2.05) is 0 Å². The SMILES string of the molecule is ICCC=C(c1ccccc1)c1ccccc1. The molecule has 0 aliphatic rings. The van der Waals surface area contributed by atoms with E-state index in [0.29, 0.717) is 0 Å². The molecule has 0 spiro atoms. The first-order valence-electron chi connectivity index (χ1n) is 5.79. The van der Waals surface area contributed by atoms with Crippen molar-refractivity contribution in [1.29, 1.82) is 0 Å². The summed E-state index contributed by atoms with van der Waals surface area (Å²) in [6.45, 7) is 0.